The van der Waals surface area contributed by atoms with E-state index >= 15 is 0 Å². The van der Waals surface area contributed by atoms with Crippen LogP contribution in [0.5, 0.6) is 0 Å². The predicted octanol–water partition coefficient (Wildman–Crippen LogP) is 2.67. The first-order valence-electron chi connectivity index (χ1n) is 6.04. The van der Waals surface area contributed by atoms with Crippen LogP contribution in [0.4, 0.5) is 0 Å². The Balaban J connectivity index is 2.28. The number of nitrogens with zero attached hydrogens (tertiary/aromatic N) is 1. The van der Waals surface area contributed by atoms with Gasteiger partial charge in [-0.2, -0.15) is 0 Å². The molecule has 2 aromatic rings. The third-order valence-electron chi connectivity index (χ3n) is 2.67. The maximum Gasteiger partial charge on any atom is 0.251 e. The largest absolute Gasteiger partial charge is 0.385 e. The van der Waals surface area contributed by atoms with Crippen LogP contribution >= 0.6 is 11.6 Å². The monoisotopic (exact) mass is 278 g/mol. The summed E-state index contributed by atoms with van der Waals surface area (Å²) in [5.74, 6) is 0.544. The van der Waals surface area contributed by atoms with E-state index in [0.717, 1.165) is 17.7 Å². The number of benzene rings is 1. The van der Waals surface area contributed by atoms with Gasteiger partial charge < -0.3 is 9.72 Å². The maximum absolute atomic E-state index is 11.6. The quantitative estimate of drug-likeness (QED) is 0.856. The second kappa shape index (κ2) is 6.50. The second-order valence-corrected chi connectivity index (χ2v) is 4.63. The molecule has 0 saturated heterocycles. The Morgan fingerprint density at radius 3 is 2.95 bits per heavy atom. The summed E-state index contributed by atoms with van der Waals surface area (Å²) in [5.41, 5.74) is 1.41. The van der Waals surface area contributed by atoms with Crippen LogP contribution in [-0.4, -0.2) is 23.7 Å². The van der Waals surface area contributed by atoms with Crippen molar-refractivity contribution < 1.29 is 4.74 Å². The zero-order valence-electron chi connectivity index (χ0n) is 10.6. The van der Waals surface area contributed by atoms with E-state index in [4.69, 9.17) is 16.3 Å². The number of aromatic nitrogens is 2. The summed E-state index contributed by atoms with van der Waals surface area (Å²) >= 11 is 5.94. The van der Waals surface area contributed by atoms with E-state index in [1.807, 2.05) is 12.1 Å². The number of methoxy groups -OCH3 is 1. The van der Waals surface area contributed by atoms with Gasteiger partial charge in [0.25, 0.3) is 5.56 Å². The van der Waals surface area contributed by atoms with Gasteiger partial charge in [-0.25, -0.2) is 4.98 Å². The van der Waals surface area contributed by atoms with Crippen LogP contribution in [0.25, 0.3) is 11.4 Å². The highest BCUT2D eigenvalue weighted by atomic mass is 35.5. The molecule has 4 nitrogen and oxygen atoms in total. The highest BCUT2D eigenvalue weighted by Crippen LogP contribution is 2.18. The number of aromatic amines is 1. The molecule has 1 heterocycles. The Morgan fingerprint density at radius 1 is 1.37 bits per heavy atom. The number of halogens is 1. The van der Waals surface area contributed by atoms with Crippen molar-refractivity contribution >= 4 is 11.6 Å². The lowest BCUT2D eigenvalue weighted by molar-refractivity contribution is 0.195. The van der Waals surface area contributed by atoms with Crippen molar-refractivity contribution in [1.29, 1.82) is 0 Å². The Morgan fingerprint density at radius 2 is 2.21 bits per heavy atom. The van der Waals surface area contributed by atoms with Gasteiger partial charge in [0.1, 0.15) is 5.82 Å². The zero-order chi connectivity index (χ0) is 13.7. The predicted molar refractivity (Wildman–Crippen MR) is 75.5 cm³/mol. The Hall–Kier alpha value is -1.65. The SMILES string of the molecule is COCCCc1cc(=O)[nH]c(-c2cccc(Cl)c2)n1. The number of nitrogens with one attached hydrogen (secondary N) is 1. The minimum absolute atomic E-state index is 0.155. The van der Waals surface area contributed by atoms with Crippen LogP contribution < -0.4 is 5.56 Å². The normalized spacial score (nSPS) is 10.6. The highest BCUT2D eigenvalue weighted by Gasteiger charge is 2.04. The van der Waals surface area contributed by atoms with E-state index in [1.54, 1.807) is 19.2 Å². The molecule has 0 bridgehead atoms. The Labute approximate surface area is 116 Å². The van der Waals surface area contributed by atoms with Gasteiger partial charge in [0.2, 0.25) is 0 Å². The fourth-order valence-corrected chi connectivity index (χ4v) is 2.00. The van der Waals surface area contributed by atoms with Crippen molar-refractivity contribution in [3.8, 4) is 11.4 Å². The van der Waals surface area contributed by atoms with Crippen molar-refractivity contribution in [2.24, 2.45) is 0 Å². The molecule has 19 heavy (non-hydrogen) atoms. The van der Waals surface area contributed by atoms with Crippen molar-refractivity contribution in [1.82, 2.24) is 9.97 Å². The summed E-state index contributed by atoms with van der Waals surface area (Å²) < 4.78 is 4.99. The first-order chi connectivity index (χ1) is 9.19. The number of rotatable bonds is 5. The average molecular weight is 279 g/mol. The molecule has 0 aliphatic rings. The number of hydrogen-bond acceptors (Lipinski definition) is 3. The average Bonchev–Trinajstić information content (AvgIpc) is 2.38. The van der Waals surface area contributed by atoms with Gasteiger partial charge in [-0.1, -0.05) is 23.7 Å². The van der Waals surface area contributed by atoms with Gasteiger partial charge in [0.15, 0.2) is 0 Å². The lowest BCUT2D eigenvalue weighted by Crippen LogP contribution is -2.11. The molecular formula is C14H15ClN2O2. The number of hydrogen-bond donors (Lipinski definition) is 1. The highest BCUT2D eigenvalue weighted by molar-refractivity contribution is 6.30. The first kappa shape index (κ1) is 13.8. The zero-order valence-corrected chi connectivity index (χ0v) is 11.4. The Bertz CT molecular complexity index is 610. The summed E-state index contributed by atoms with van der Waals surface area (Å²) in [5, 5.41) is 0.616. The number of H-pyrrole nitrogens is 1. The van der Waals surface area contributed by atoms with Gasteiger partial charge in [0.05, 0.1) is 0 Å². The number of aryl methyl sites for hydroxylation is 1. The van der Waals surface area contributed by atoms with Gasteiger partial charge in [-0.3, -0.25) is 4.79 Å². The minimum atomic E-state index is -0.155. The smallest absolute Gasteiger partial charge is 0.251 e. The summed E-state index contributed by atoms with van der Waals surface area (Å²) in [6.07, 6.45) is 1.55. The van der Waals surface area contributed by atoms with Crippen molar-refractivity contribution in [2.75, 3.05) is 13.7 Å². The van der Waals surface area contributed by atoms with Crippen LogP contribution in [0.15, 0.2) is 35.1 Å². The molecule has 5 heteroatoms. The summed E-state index contributed by atoms with van der Waals surface area (Å²) in [4.78, 5) is 18.8. The molecule has 0 spiro atoms. The molecule has 1 aromatic carbocycles. The maximum atomic E-state index is 11.6. The van der Waals surface area contributed by atoms with E-state index in [9.17, 15) is 4.79 Å². The summed E-state index contributed by atoms with van der Waals surface area (Å²) in [6, 6.07) is 8.77. The van der Waals surface area contributed by atoms with Crippen molar-refractivity contribution in [3.63, 3.8) is 0 Å². The molecule has 2 rings (SSSR count). The summed E-state index contributed by atoms with van der Waals surface area (Å²) in [6.45, 7) is 0.654. The molecule has 0 saturated carbocycles. The van der Waals surface area contributed by atoms with Gasteiger partial charge in [0, 0.05) is 36.1 Å². The minimum Gasteiger partial charge on any atom is -0.385 e. The molecule has 0 aliphatic heterocycles. The van der Waals surface area contributed by atoms with Gasteiger partial charge in [-0.05, 0) is 25.0 Å². The van der Waals surface area contributed by atoms with Crippen molar-refractivity contribution in [3.05, 3.63) is 51.4 Å². The van der Waals surface area contributed by atoms with Crippen molar-refractivity contribution in [2.45, 2.75) is 12.8 Å². The van der Waals surface area contributed by atoms with Gasteiger partial charge >= 0.3 is 0 Å². The molecule has 0 amide bonds. The van der Waals surface area contributed by atoms with E-state index in [1.165, 1.54) is 6.07 Å². The standard InChI is InChI=1S/C14H15ClN2O2/c1-19-7-3-6-12-9-13(18)17-14(16-12)10-4-2-5-11(15)8-10/h2,4-5,8-9H,3,6-7H2,1H3,(H,16,17,18). The third-order valence-corrected chi connectivity index (χ3v) is 2.91. The number of ether oxygens (including phenoxy) is 1. The first-order valence-corrected chi connectivity index (χ1v) is 6.42. The fraction of sp³-hybridized carbons (Fsp3) is 0.286. The van der Waals surface area contributed by atoms with Crippen LogP contribution in [0.2, 0.25) is 5.02 Å². The van der Waals surface area contributed by atoms with Crippen LogP contribution in [0, 0.1) is 0 Å². The lowest BCUT2D eigenvalue weighted by Gasteiger charge is -2.05. The van der Waals surface area contributed by atoms with Crippen LogP contribution in [-0.2, 0) is 11.2 Å². The molecule has 1 aromatic heterocycles. The lowest BCUT2D eigenvalue weighted by atomic mass is 10.2. The van der Waals surface area contributed by atoms with Crippen LogP contribution in [0.1, 0.15) is 12.1 Å². The van der Waals surface area contributed by atoms with E-state index in [-0.39, 0.29) is 5.56 Å². The van der Waals surface area contributed by atoms with E-state index in [2.05, 4.69) is 9.97 Å². The topological polar surface area (TPSA) is 55.0 Å². The van der Waals surface area contributed by atoms with E-state index in [0.29, 0.717) is 23.9 Å². The molecular weight excluding hydrogens is 264 g/mol. The second-order valence-electron chi connectivity index (χ2n) is 4.19. The molecule has 0 aliphatic carbocycles. The molecule has 0 fully saturated rings. The molecule has 1 N–H and O–H groups in total. The van der Waals surface area contributed by atoms with Gasteiger partial charge in [-0.15, -0.1) is 0 Å². The molecule has 100 valence electrons. The third kappa shape index (κ3) is 3.91. The van der Waals surface area contributed by atoms with Crippen LogP contribution in [0.3, 0.4) is 0 Å². The van der Waals surface area contributed by atoms with E-state index < -0.39 is 0 Å². The summed E-state index contributed by atoms with van der Waals surface area (Å²) in [7, 11) is 1.66. The molecule has 0 radical (unpaired) electrons. The Kier molecular flexibility index (Phi) is 4.71. The molecule has 0 atom stereocenters. The molecule has 0 unspecified atom stereocenters. The fourth-order valence-electron chi connectivity index (χ4n) is 1.81.